The fourth-order valence-corrected chi connectivity index (χ4v) is 2.31. The smallest absolute Gasteiger partial charge is 0.328 e. The molecular formula is C16H21N3O5S. The fraction of sp³-hybridized carbons (Fsp3) is 0.375. The maximum Gasteiger partial charge on any atom is 0.328 e. The van der Waals surface area contributed by atoms with Crippen molar-refractivity contribution < 1.29 is 24.5 Å². The quantitative estimate of drug-likeness (QED) is 0.588. The van der Waals surface area contributed by atoms with Crippen molar-refractivity contribution in [1.82, 2.24) is 14.8 Å². The number of thiocarbonyl (C=S) groups is 1. The standard InChI is InChI=1S/C12H17N3OS.C4H4O4/c1-14(2)7-9-8-15(3)12(17)10-5-4-6-13-11(10)16-9;5-3(6)1-2-4(7)8/h4-6,9H,7-8H2,1-3H3;1-2H,(H,5,6)(H,7,8). The molecule has 0 amide bonds. The Balaban J connectivity index is 0.000000333. The van der Waals surface area contributed by atoms with Crippen molar-refractivity contribution in [3.8, 4) is 5.88 Å². The van der Waals surface area contributed by atoms with Gasteiger partial charge < -0.3 is 24.7 Å². The van der Waals surface area contributed by atoms with Crippen molar-refractivity contribution >= 4 is 29.1 Å². The number of nitrogens with zero attached hydrogens (tertiary/aromatic N) is 3. The second-order valence-electron chi connectivity index (χ2n) is 5.55. The number of aromatic nitrogens is 1. The number of likely N-dealkylation sites (N-methyl/N-ethyl adjacent to an activating group) is 2. The molecule has 2 N–H and O–H groups in total. The van der Waals surface area contributed by atoms with Crippen LogP contribution in [0.5, 0.6) is 5.88 Å². The van der Waals surface area contributed by atoms with E-state index in [-0.39, 0.29) is 6.10 Å². The minimum absolute atomic E-state index is 0.0871. The fourth-order valence-electron chi connectivity index (χ4n) is 2.08. The van der Waals surface area contributed by atoms with Crippen molar-refractivity contribution in [2.75, 3.05) is 34.2 Å². The number of rotatable bonds is 4. The highest BCUT2D eigenvalue weighted by Crippen LogP contribution is 2.22. The third-order valence-electron chi connectivity index (χ3n) is 3.04. The van der Waals surface area contributed by atoms with Crippen molar-refractivity contribution in [3.05, 3.63) is 36.0 Å². The maximum atomic E-state index is 9.55. The van der Waals surface area contributed by atoms with E-state index >= 15 is 0 Å². The van der Waals surface area contributed by atoms with Crippen molar-refractivity contribution in [3.63, 3.8) is 0 Å². The molecule has 1 atom stereocenters. The summed E-state index contributed by atoms with van der Waals surface area (Å²) in [6.45, 7) is 1.64. The summed E-state index contributed by atoms with van der Waals surface area (Å²) in [6, 6.07) is 3.84. The van der Waals surface area contributed by atoms with E-state index in [9.17, 15) is 9.59 Å². The zero-order valence-electron chi connectivity index (χ0n) is 14.2. The van der Waals surface area contributed by atoms with Crippen LogP contribution in [0.25, 0.3) is 0 Å². The topological polar surface area (TPSA) is 103 Å². The van der Waals surface area contributed by atoms with Crippen LogP contribution in [0.1, 0.15) is 5.56 Å². The normalized spacial score (nSPS) is 16.6. The average Bonchev–Trinajstić information content (AvgIpc) is 2.63. The van der Waals surface area contributed by atoms with E-state index < -0.39 is 11.9 Å². The summed E-state index contributed by atoms with van der Waals surface area (Å²) in [5.41, 5.74) is 0.909. The molecule has 0 saturated carbocycles. The minimum atomic E-state index is -1.26. The molecule has 1 aliphatic heterocycles. The Morgan fingerprint density at radius 3 is 2.52 bits per heavy atom. The van der Waals surface area contributed by atoms with Crippen LogP contribution in [0, 0.1) is 0 Å². The first-order valence-electron chi connectivity index (χ1n) is 7.36. The van der Waals surface area contributed by atoms with Gasteiger partial charge in [-0.1, -0.05) is 12.2 Å². The summed E-state index contributed by atoms with van der Waals surface area (Å²) in [4.78, 5) is 28.3. The number of carbonyl (C=O) groups is 2. The lowest BCUT2D eigenvalue weighted by atomic mass is 10.2. The number of ether oxygens (including phenoxy) is 1. The predicted octanol–water partition coefficient (Wildman–Crippen LogP) is 0.723. The van der Waals surface area contributed by atoms with Crippen LogP contribution in [-0.4, -0.2) is 82.3 Å². The lowest BCUT2D eigenvalue weighted by Crippen LogP contribution is -2.39. The number of hydrogen-bond donors (Lipinski definition) is 2. The number of pyridine rings is 1. The molecule has 2 heterocycles. The Kier molecular flexibility index (Phi) is 7.96. The zero-order valence-corrected chi connectivity index (χ0v) is 15.1. The molecule has 0 saturated heterocycles. The third kappa shape index (κ3) is 7.27. The van der Waals surface area contributed by atoms with Gasteiger partial charge in [0.25, 0.3) is 0 Å². The first-order chi connectivity index (χ1) is 11.7. The number of aliphatic carboxylic acids is 2. The molecule has 0 radical (unpaired) electrons. The second-order valence-corrected chi connectivity index (χ2v) is 5.94. The van der Waals surface area contributed by atoms with Gasteiger partial charge in [-0.05, 0) is 26.2 Å². The maximum absolute atomic E-state index is 9.55. The molecule has 8 nitrogen and oxygen atoms in total. The summed E-state index contributed by atoms with van der Waals surface area (Å²) in [6.07, 6.45) is 2.94. The van der Waals surface area contributed by atoms with Crippen LogP contribution in [0.4, 0.5) is 0 Å². The van der Waals surface area contributed by atoms with Gasteiger partial charge in [0.05, 0.1) is 12.1 Å². The first-order valence-corrected chi connectivity index (χ1v) is 7.77. The summed E-state index contributed by atoms with van der Waals surface area (Å²) >= 11 is 5.43. The van der Waals surface area contributed by atoms with E-state index in [1.807, 2.05) is 33.3 Å². The molecule has 0 aromatic carbocycles. The highest BCUT2D eigenvalue weighted by Gasteiger charge is 2.25. The highest BCUT2D eigenvalue weighted by atomic mass is 32.1. The van der Waals surface area contributed by atoms with Crippen LogP contribution < -0.4 is 4.74 Å². The van der Waals surface area contributed by atoms with Gasteiger partial charge in [-0.25, -0.2) is 14.6 Å². The predicted molar refractivity (Wildman–Crippen MR) is 95.9 cm³/mol. The molecule has 9 heteroatoms. The van der Waals surface area contributed by atoms with Gasteiger partial charge in [0.2, 0.25) is 5.88 Å². The number of hydrogen-bond acceptors (Lipinski definition) is 6. The number of fused-ring (bicyclic) bond motifs is 1. The molecular weight excluding hydrogens is 346 g/mol. The average molecular weight is 367 g/mol. The van der Waals surface area contributed by atoms with E-state index in [2.05, 4.69) is 14.8 Å². The van der Waals surface area contributed by atoms with Crippen LogP contribution >= 0.6 is 12.2 Å². The van der Waals surface area contributed by atoms with Crippen LogP contribution in [-0.2, 0) is 9.59 Å². The van der Waals surface area contributed by atoms with E-state index in [1.54, 1.807) is 6.20 Å². The molecule has 1 aromatic rings. The molecule has 136 valence electrons. The molecule has 0 spiro atoms. The van der Waals surface area contributed by atoms with Gasteiger partial charge in [-0.3, -0.25) is 0 Å². The second kappa shape index (κ2) is 9.70. The number of carboxylic acid groups (broad SMARTS) is 2. The van der Waals surface area contributed by atoms with Gasteiger partial charge in [0.15, 0.2) is 0 Å². The third-order valence-corrected chi connectivity index (χ3v) is 3.57. The number of carboxylic acids is 2. The summed E-state index contributed by atoms with van der Waals surface area (Å²) < 4.78 is 5.93. The molecule has 1 aromatic heterocycles. The summed E-state index contributed by atoms with van der Waals surface area (Å²) in [7, 11) is 6.06. The van der Waals surface area contributed by atoms with Crippen molar-refractivity contribution in [1.29, 1.82) is 0 Å². The van der Waals surface area contributed by atoms with Gasteiger partial charge in [0, 0.05) is 31.9 Å². The molecule has 25 heavy (non-hydrogen) atoms. The minimum Gasteiger partial charge on any atom is -0.478 e. The van der Waals surface area contributed by atoms with Gasteiger partial charge in [-0.15, -0.1) is 0 Å². The molecule has 1 aliphatic rings. The Morgan fingerprint density at radius 2 is 2.00 bits per heavy atom. The summed E-state index contributed by atoms with van der Waals surface area (Å²) in [5, 5.41) is 15.6. The monoisotopic (exact) mass is 367 g/mol. The molecule has 2 rings (SSSR count). The van der Waals surface area contributed by atoms with Crippen LogP contribution in [0.2, 0.25) is 0 Å². The van der Waals surface area contributed by atoms with Gasteiger partial charge >= 0.3 is 11.9 Å². The van der Waals surface area contributed by atoms with Gasteiger partial charge in [-0.2, -0.15) is 0 Å². The highest BCUT2D eigenvalue weighted by molar-refractivity contribution is 7.80. The SMILES string of the molecule is CN(C)CC1CN(C)C(=S)c2cccnc2O1.O=C(O)C=CC(=O)O. The van der Waals surface area contributed by atoms with E-state index in [1.165, 1.54) is 0 Å². The lowest BCUT2D eigenvalue weighted by Gasteiger charge is -2.23. The first kappa shape index (κ1) is 20.5. The summed E-state index contributed by atoms with van der Waals surface area (Å²) in [5.74, 6) is -1.87. The Hall–Kier alpha value is -2.52. The molecule has 1 unspecified atom stereocenters. The Labute approximate surface area is 151 Å². The molecule has 0 bridgehead atoms. The van der Waals surface area contributed by atoms with Crippen LogP contribution in [0.15, 0.2) is 30.5 Å². The van der Waals surface area contributed by atoms with Crippen molar-refractivity contribution in [2.45, 2.75) is 6.10 Å². The van der Waals surface area contributed by atoms with E-state index in [4.69, 9.17) is 27.2 Å². The molecule has 0 aliphatic carbocycles. The van der Waals surface area contributed by atoms with Crippen LogP contribution in [0.3, 0.4) is 0 Å². The lowest BCUT2D eigenvalue weighted by molar-refractivity contribution is -0.134. The zero-order chi connectivity index (χ0) is 19.0. The molecule has 0 fully saturated rings. The van der Waals surface area contributed by atoms with Gasteiger partial charge in [0.1, 0.15) is 11.1 Å². The Bertz CT molecular complexity index is 647. The largest absolute Gasteiger partial charge is 0.478 e. The van der Waals surface area contributed by atoms with E-state index in [0.29, 0.717) is 18.0 Å². The Morgan fingerprint density at radius 1 is 1.40 bits per heavy atom. The van der Waals surface area contributed by atoms with E-state index in [0.717, 1.165) is 23.6 Å². The van der Waals surface area contributed by atoms with Crippen molar-refractivity contribution in [2.24, 2.45) is 0 Å².